The van der Waals surface area contributed by atoms with Crippen LogP contribution in [0.3, 0.4) is 0 Å². The molecule has 0 saturated carbocycles. The van der Waals surface area contributed by atoms with Crippen molar-refractivity contribution in [3.05, 3.63) is 147 Å². The van der Waals surface area contributed by atoms with Gasteiger partial charge in [0.25, 0.3) is 0 Å². The minimum absolute atomic E-state index is 0.344. The Hall–Kier alpha value is -2.76. The van der Waals surface area contributed by atoms with Gasteiger partial charge in [0, 0.05) is 0 Å². The maximum atomic E-state index is 2.64. The monoisotopic (exact) mass is 581 g/mol. The zero-order valence-corrected chi connectivity index (χ0v) is 25.5. The molecular weight excluding hydrogens is 548 g/mol. The Kier molecular flexibility index (Phi) is 6.48. The molecule has 0 amide bonds. The topological polar surface area (TPSA) is 0 Å². The van der Waals surface area contributed by atoms with Crippen LogP contribution in [0.25, 0.3) is 17.2 Å². The van der Waals surface area contributed by atoms with E-state index in [-0.39, 0.29) is 5.41 Å². The van der Waals surface area contributed by atoms with E-state index in [1.54, 1.807) is 58.1 Å². The van der Waals surface area contributed by atoms with Crippen LogP contribution >= 0.6 is 0 Å². The first-order chi connectivity index (χ1) is 19.1. The van der Waals surface area contributed by atoms with E-state index in [0.717, 1.165) is 0 Å². The SMILES string of the molecule is CCCC(C)C1=C[CH]([Zr])c2cc3c(c(C4=Cc5ccccc5C4(c4ccccc4)c4ccccc4)c21)CCC3. The van der Waals surface area contributed by atoms with Gasteiger partial charge < -0.3 is 0 Å². The van der Waals surface area contributed by atoms with Gasteiger partial charge >= 0.3 is 250 Å². The molecule has 3 aliphatic rings. The van der Waals surface area contributed by atoms with Gasteiger partial charge in [0.15, 0.2) is 0 Å². The summed E-state index contributed by atoms with van der Waals surface area (Å²) in [5.74, 6) is 0.574. The summed E-state index contributed by atoms with van der Waals surface area (Å²) in [6, 6.07) is 34.4. The summed E-state index contributed by atoms with van der Waals surface area (Å²) in [7, 11) is 0. The quantitative estimate of drug-likeness (QED) is 0.212. The van der Waals surface area contributed by atoms with E-state index in [1.165, 1.54) is 59.9 Å². The third-order valence-electron chi connectivity index (χ3n) is 9.40. The molecule has 2 atom stereocenters. The molecule has 2 unspecified atom stereocenters. The van der Waals surface area contributed by atoms with Gasteiger partial charge in [-0.15, -0.1) is 0 Å². The average Bonchev–Trinajstić information content (AvgIpc) is 3.67. The van der Waals surface area contributed by atoms with Crippen molar-refractivity contribution in [1.82, 2.24) is 0 Å². The summed E-state index contributed by atoms with van der Waals surface area (Å²) >= 11 is 1.60. The minimum atomic E-state index is -0.344. The molecular formula is C38H35Zr. The fourth-order valence-electron chi connectivity index (χ4n) is 7.77. The Morgan fingerprint density at radius 3 is 2.21 bits per heavy atom. The van der Waals surface area contributed by atoms with Crippen LogP contribution in [-0.4, -0.2) is 0 Å². The van der Waals surface area contributed by atoms with Gasteiger partial charge in [-0.05, 0) is 0 Å². The van der Waals surface area contributed by atoms with Crippen molar-refractivity contribution in [1.29, 1.82) is 0 Å². The van der Waals surface area contributed by atoms with Crippen LogP contribution in [0.1, 0.15) is 86.8 Å². The van der Waals surface area contributed by atoms with Crippen LogP contribution in [-0.2, 0) is 43.0 Å². The Morgan fingerprint density at radius 2 is 1.51 bits per heavy atom. The average molecular weight is 583 g/mol. The standard InChI is InChI=1S/C38H35.Zr/c1-3-13-26(2)32-23-22-29-24-27-15-12-20-33(27)37(36(29)32)35-25-28-14-10-11-21-34(28)38(35,30-16-6-4-7-17-30)31-18-8-5-9-19-31;/h4-11,14,16-19,21-26H,3,12-13,15,20H2,1-2H3;. The van der Waals surface area contributed by atoms with Crippen molar-refractivity contribution in [2.45, 2.75) is 55.0 Å². The number of hydrogen-bond acceptors (Lipinski definition) is 0. The predicted molar refractivity (Wildman–Crippen MR) is 160 cm³/mol. The molecule has 0 aliphatic heterocycles. The summed E-state index contributed by atoms with van der Waals surface area (Å²) in [6.45, 7) is 4.79. The number of allylic oxidation sites excluding steroid dienone is 3. The predicted octanol–water partition coefficient (Wildman–Crippen LogP) is 9.48. The maximum absolute atomic E-state index is 2.64. The van der Waals surface area contributed by atoms with Crippen molar-refractivity contribution in [3.8, 4) is 0 Å². The molecule has 3 aliphatic carbocycles. The first kappa shape index (κ1) is 25.2. The number of hydrogen-bond donors (Lipinski definition) is 0. The Balaban J connectivity index is 1.61. The van der Waals surface area contributed by atoms with Crippen LogP contribution in [0.2, 0.25) is 0 Å². The molecule has 1 heteroatoms. The van der Waals surface area contributed by atoms with Crippen molar-refractivity contribution in [2.75, 3.05) is 0 Å². The van der Waals surface area contributed by atoms with E-state index >= 15 is 0 Å². The molecule has 0 nitrogen and oxygen atoms in total. The third-order valence-corrected chi connectivity index (χ3v) is 10.6. The Bertz CT molecular complexity index is 1570. The Morgan fingerprint density at radius 1 is 0.846 bits per heavy atom. The third kappa shape index (κ3) is 3.80. The molecule has 4 aromatic rings. The van der Waals surface area contributed by atoms with Gasteiger partial charge in [0.1, 0.15) is 0 Å². The zero-order valence-electron chi connectivity index (χ0n) is 23.0. The fraction of sp³-hybridized carbons (Fsp3) is 0.263. The number of rotatable bonds is 6. The zero-order chi connectivity index (χ0) is 26.6. The molecule has 0 aromatic heterocycles. The summed E-state index contributed by atoms with van der Waals surface area (Å²) < 4.78 is 0.554. The van der Waals surface area contributed by atoms with E-state index < -0.39 is 0 Å². The van der Waals surface area contributed by atoms with Crippen molar-refractivity contribution < 1.29 is 24.7 Å². The van der Waals surface area contributed by atoms with Gasteiger partial charge in [-0.1, -0.05) is 0 Å². The van der Waals surface area contributed by atoms with Gasteiger partial charge in [-0.3, -0.25) is 0 Å². The second kappa shape index (κ2) is 10.0. The van der Waals surface area contributed by atoms with E-state index in [9.17, 15) is 0 Å². The molecule has 0 fully saturated rings. The molecule has 0 saturated heterocycles. The molecule has 0 N–H and O–H groups in total. The number of fused-ring (bicyclic) bond motifs is 3. The van der Waals surface area contributed by atoms with E-state index in [0.29, 0.717) is 9.54 Å². The summed E-state index contributed by atoms with van der Waals surface area (Å²) in [4.78, 5) is 0. The second-order valence-electron chi connectivity index (χ2n) is 11.6. The molecule has 191 valence electrons. The van der Waals surface area contributed by atoms with E-state index in [2.05, 4.69) is 117 Å². The molecule has 39 heavy (non-hydrogen) atoms. The van der Waals surface area contributed by atoms with Crippen LogP contribution < -0.4 is 0 Å². The first-order valence-electron chi connectivity index (χ1n) is 14.7. The normalized spacial score (nSPS) is 19.2. The van der Waals surface area contributed by atoms with Crippen LogP contribution in [0.15, 0.2) is 97.1 Å². The summed E-state index contributed by atoms with van der Waals surface area (Å²) in [5, 5.41) is 0. The molecule has 0 spiro atoms. The van der Waals surface area contributed by atoms with E-state index in [1.807, 2.05) is 0 Å². The number of benzene rings is 4. The van der Waals surface area contributed by atoms with Crippen molar-refractivity contribution in [2.24, 2.45) is 5.92 Å². The molecule has 4 aromatic carbocycles. The van der Waals surface area contributed by atoms with Crippen molar-refractivity contribution in [3.63, 3.8) is 0 Å². The summed E-state index contributed by atoms with van der Waals surface area (Å²) in [5.41, 5.74) is 16.2. The van der Waals surface area contributed by atoms with Crippen LogP contribution in [0.4, 0.5) is 0 Å². The van der Waals surface area contributed by atoms with Gasteiger partial charge in [-0.25, -0.2) is 0 Å². The van der Waals surface area contributed by atoms with E-state index in [4.69, 9.17) is 0 Å². The summed E-state index contributed by atoms with van der Waals surface area (Å²) in [6.07, 6.45) is 11.3. The van der Waals surface area contributed by atoms with Crippen molar-refractivity contribution >= 4 is 17.2 Å². The molecule has 0 heterocycles. The van der Waals surface area contributed by atoms with Gasteiger partial charge in [0.05, 0.1) is 0 Å². The second-order valence-corrected chi connectivity index (χ2v) is 13.2. The molecule has 7 rings (SSSR count). The Labute approximate surface area is 248 Å². The fourth-order valence-corrected chi connectivity index (χ4v) is 8.77. The van der Waals surface area contributed by atoms with Gasteiger partial charge in [-0.2, -0.15) is 0 Å². The van der Waals surface area contributed by atoms with Crippen LogP contribution in [0, 0.1) is 5.92 Å². The molecule has 0 radical (unpaired) electrons. The van der Waals surface area contributed by atoms with Gasteiger partial charge in [0.2, 0.25) is 0 Å². The first-order valence-corrected chi connectivity index (χ1v) is 16.1. The number of aryl methyl sites for hydroxylation is 1. The van der Waals surface area contributed by atoms with Crippen LogP contribution in [0.5, 0.6) is 0 Å². The molecule has 0 bridgehead atoms.